The van der Waals surface area contributed by atoms with Crippen molar-refractivity contribution >= 4 is 134 Å². The van der Waals surface area contributed by atoms with Crippen LogP contribution >= 0.6 is 67.8 Å². The maximum Gasteiger partial charge on any atom is 0.120 e. The van der Waals surface area contributed by atoms with Gasteiger partial charge in [-0.05, 0) is 122 Å². The minimum Gasteiger partial charge on any atom is -0.242 e. The van der Waals surface area contributed by atoms with Gasteiger partial charge in [0.05, 0.1) is 33.1 Å². The Morgan fingerprint density at radius 2 is 0.576 bits per heavy atom. The van der Waals surface area contributed by atoms with Gasteiger partial charge in [-0.3, -0.25) is 0 Å². The highest BCUT2D eigenvalue weighted by molar-refractivity contribution is 14.1. The topological polar surface area (TPSA) is 77.3 Å². The third-order valence-corrected chi connectivity index (χ3v) is 7.56. The number of halogens is 3. The summed E-state index contributed by atoms with van der Waals surface area (Å²) in [5.74, 6) is 0. The number of aromatic nitrogens is 6. The minimum atomic E-state index is 0.693. The predicted molar refractivity (Wildman–Crippen MR) is 156 cm³/mol. The number of nitrogens with zero attached hydrogens (tertiary/aromatic N) is 6. The first-order chi connectivity index (χ1) is 16.0. The van der Waals surface area contributed by atoms with Gasteiger partial charge in [0, 0.05) is 10.7 Å². The zero-order chi connectivity index (χ0) is 22.3. The number of benzene rings is 4. The van der Waals surface area contributed by atoms with Crippen molar-refractivity contribution < 1.29 is 0 Å². The van der Waals surface area contributed by atoms with Crippen LogP contribution in [0.4, 0.5) is 0 Å². The van der Waals surface area contributed by atoms with Gasteiger partial charge in [-0.15, -0.1) is 0 Å². The van der Waals surface area contributed by atoms with E-state index in [0.29, 0.717) is 33.1 Å². The highest BCUT2D eigenvalue weighted by atomic mass is 127. The summed E-state index contributed by atoms with van der Waals surface area (Å²) in [4.78, 5) is 29.9. The maximum absolute atomic E-state index is 5.00. The number of fused-ring (bicyclic) bond motifs is 9. The molecule has 0 spiro atoms. The van der Waals surface area contributed by atoms with Gasteiger partial charge in [0.1, 0.15) is 33.1 Å². The van der Waals surface area contributed by atoms with Crippen molar-refractivity contribution in [1.82, 2.24) is 29.9 Å². The van der Waals surface area contributed by atoms with Crippen LogP contribution in [0, 0.1) is 10.7 Å². The fourth-order valence-corrected chi connectivity index (χ4v) is 5.50. The molecular formula is C24H9I3N6. The Morgan fingerprint density at radius 1 is 0.333 bits per heavy atom. The van der Waals surface area contributed by atoms with Crippen molar-refractivity contribution in [2.24, 2.45) is 0 Å². The number of hydrogen-bond acceptors (Lipinski definition) is 6. The smallest absolute Gasteiger partial charge is 0.120 e. The van der Waals surface area contributed by atoms with E-state index >= 15 is 0 Å². The maximum atomic E-state index is 5.00. The van der Waals surface area contributed by atoms with E-state index in [1.165, 1.54) is 0 Å². The third-order valence-electron chi connectivity index (χ3n) is 5.55. The summed E-state index contributed by atoms with van der Waals surface area (Å²) >= 11 is 6.87. The average molecular weight is 762 g/mol. The summed E-state index contributed by atoms with van der Waals surface area (Å²) in [5.41, 5.74) is 9.08. The molecule has 0 saturated carbocycles. The van der Waals surface area contributed by atoms with Crippen molar-refractivity contribution in [2.45, 2.75) is 0 Å². The van der Waals surface area contributed by atoms with Gasteiger partial charge in [-0.1, -0.05) is 0 Å². The molecule has 33 heavy (non-hydrogen) atoms. The van der Waals surface area contributed by atoms with Gasteiger partial charge in [-0.25, -0.2) is 29.9 Å². The summed E-state index contributed by atoms with van der Waals surface area (Å²) < 4.78 is 3.31. The molecule has 0 aliphatic rings. The lowest BCUT2D eigenvalue weighted by atomic mass is 10.1. The van der Waals surface area contributed by atoms with E-state index in [1.54, 1.807) is 0 Å². The van der Waals surface area contributed by atoms with Crippen LogP contribution in [0.5, 0.6) is 0 Å². The van der Waals surface area contributed by atoms with Crippen LogP contribution in [0.25, 0.3) is 66.2 Å². The normalized spacial score (nSPS) is 12.1. The third kappa shape index (κ3) is 3.22. The summed E-state index contributed by atoms with van der Waals surface area (Å²) in [6.07, 6.45) is 0. The molecule has 0 fully saturated rings. The lowest BCUT2D eigenvalue weighted by Crippen LogP contribution is -1.99. The van der Waals surface area contributed by atoms with E-state index in [9.17, 15) is 0 Å². The molecule has 0 aliphatic carbocycles. The minimum absolute atomic E-state index is 0.693. The fraction of sp³-hybridized carbons (Fsp3) is 0. The first-order valence-corrected chi connectivity index (χ1v) is 13.2. The molecule has 156 valence electrons. The summed E-state index contributed by atoms with van der Waals surface area (Å²) in [5, 5.41) is 0. The van der Waals surface area contributed by atoms with E-state index in [1.807, 2.05) is 54.6 Å². The predicted octanol–water partition coefficient (Wildman–Crippen LogP) is 6.79. The molecule has 7 rings (SSSR count). The number of rotatable bonds is 0. The zero-order valence-electron chi connectivity index (χ0n) is 16.5. The van der Waals surface area contributed by atoms with Crippen LogP contribution in [0.2, 0.25) is 0 Å². The summed E-state index contributed by atoms with van der Waals surface area (Å²) in [7, 11) is 0. The lowest BCUT2D eigenvalue weighted by molar-refractivity contribution is 1.33. The first-order valence-electron chi connectivity index (χ1n) is 9.96. The van der Waals surface area contributed by atoms with Crippen LogP contribution in [0.15, 0.2) is 54.6 Å². The van der Waals surface area contributed by atoms with E-state index < -0.39 is 0 Å². The van der Waals surface area contributed by atoms with Gasteiger partial charge >= 0.3 is 0 Å². The molecule has 9 heteroatoms. The molecule has 4 aromatic carbocycles. The Hall–Kier alpha value is -2.13. The molecule has 0 radical (unpaired) electrons. The first kappa shape index (κ1) is 20.3. The fourth-order valence-electron chi connectivity index (χ4n) is 4.07. The van der Waals surface area contributed by atoms with Gasteiger partial charge in [0.2, 0.25) is 0 Å². The Balaban J connectivity index is 1.78. The van der Waals surface area contributed by atoms with Crippen LogP contribution in [0.1, 0.15) is 0 Å². The van der Waals surface area contributed by atoms with Crippen LogP contribution in [0.3, 0.4) is 0 Å². The largest absolute Gasteiger partial charge is 0.242 e. The van der Waals surface area contributed by atoms with Crippen LogP contribution < -0.4 is 0 Å². The molecule has 3 heterocycles. The average Bonchev–Trinajstić information content (AvgIpc) is 2.81. The highest BCUT2D eigenvalue weighted by Crippen LogP contribution is 2.33. The second-order valence-corrected chi connectivity index (χ2v) is 11.4. The van der Waals surface area contributed by atoms with Crippen molar-refractivity contribution in [3.05, 3.63) is 65.3 Å². The monoisotopic (exact) mass is 762 g/mol. The van der Waals surface area contributed by atoms with Crippen LogP contribution in [-0.4, -0.2) is 29.9 Å². The molecule has 0 saturated heterocycles. The Bertz CT molecular complexity index is 1720. The van der Waals surface area contributed by atoms with Crippen molar-refractivity contribution in [3.8, 4) is 0 Å². The molecule has 0 amide bonds. The molecule has 0 unspecified atom stereocenters. The van der Waals surface area contributed by atoms with E-state index in [2.05, 4.69) is 67.8 Å². The molecule has 0 bridgehead atoms. The molecule has 6 nitrogen and oxygen atoms in total. The van der Waals surface area contributed by atoms with E-state index in [-0.39, 0.29) is 0 Å². The standard InChI is InChI=1S/C24H9I3N6/c25-10-1-4-13-16(7-10)31-22-19(28-13)23-21(30-14-5-2-11(26)8-17(14)32-23)24-20(22)29-15-6-3-12(27)9-18(15)33-24/h1-9H. The van der Waals surface area contributed by atoms with Crippen molar-refractivity contribution in [2.75, 3.05) is 0 Å². The van der Waals surface area contributed by atoms with Gasteiger partial charge in [0.15, 0.2) is 0 Å². The number of hydrogen-bond donors (Lipinski definition) is 0. The van der Waals surface area contributed by atoms with Crippen LogP contribution in [-0.2, 0) is 0 Å². The second-order valence-electron chi connectivity index (χ2n) is 7.66. The second kappa shape index (κ2) is 7.43. The summed E-state index contributed by atoms with van der Waals surface area (Å²) in [6, 6.07) is 18.2. The quantitative estimate of drug-likeness (QED) is 0.0964. The molecule has 0 aliphatic heterocycles. The van der Waals surface area contributed by atoms with Gasteiger partial charge in [-0.2, -0.15) is 0 Å². The van der Waals surface area contributed by atoms with Gasteiger partial charge in [0.25, 0.3) is 0 Å². The molecule has 3 aromatic heterocycles. The van der Waals surface area contributed by atoms with Crippen molar-refractivity contribution in [3.63, 3.8) is 0 Å². The Morgan fingerprint density at radius 3 is 0.848 bits per heavy atom. The molecule has 0 atom stereocenters. The SMILES string of the molecule is Ic1ccc2nc3c4nc5cc(I)ccc5nc4c4nc5cc(I)ccc5nc4c3nc2c1. The Labute approximate surface area is 227 Å². The molecular weight excluding hydrogens is 753 g/mol. The van der Waals surface area contributed by atoms with E-state index in [0.717, 1.165) is 43.8 Å². The Kier molecular flexibility index (Phi) is 4.56. The summed E-state index contributed by atoms with van der Waals surface area (Å²) in [6.45, 7) is 0. The lowest BCUT2D eigenvalue weighted by Gasteiger charge is -2.10. The molecule has 0 N–H and O–H groups in total. The van der Waals surface area contributed by atoms with Crippen molar-refractivity contribution in [1.29, 1.82) is 0 Å². The molecule has 7 aromatic rings. The highest BCUT2D eigenvalue weighted by Gasteiger charge is 2.19. The zero-order valence-corrected chi connectivity index (χ0v) is 23.0. The van der Waals surface area contributed by atoms with E-state index in [4.69, 9.17) is 29.9 Å². The van der Waals surface area contributed by atoms with Gasteiger partial charge < -0.3 is 0 Å².